The Hall–Kier alpha value is -3.56. The van der Waals surface area contributed by atoms with E-state index < -0.39 is 45.1 Å². The number of alkyl halides is 3. The average molecular weight is 629 g/mol. The molecule has 0 amide bonds. The predicted octanol–water partition coefficient (Wildman–Crippen LogP) is 4.76. The number of hydrogen-bond donors (Lipinski definition) is 0. The Morgan fingerprint density at radius 3 is 2.32 bits per heavy atom. The van der Waals surface area contributed by atoms with Gasteiger partial charge in [-0.2, -0.15) is 21.6 Å². The van der Waals surface area contributed by atoms with E-state index in [1.807, 2.05) is 30.5 Å². The number of fused-ring (bicyclic) bond motifs is 1. The second-order valence-electron chi connectivity index (χ2n) is 8.62. The van der Waals surface area contributed by atoms with Crippen molar-refractivity contribution in [3.8, 4) is 16.2 Å². The van der Waals surface area contributed by atoms with E-state index in [1.165, 1.54) is 28.5 Å². The van der Waals surface area contributed by atoms with Gasteiger partial charge in [-0.25, -0.2) is 9.36 Å². The molecule has 0 aliphatic carbocycles. The molecular weight excluding hydrogens is 605 g/mol. The fourth-order valence-corrected chi connectivity index (χ4v) is 6.49. The molecule has 2 aromatic heterocycles. The van der Waals surface area contributed by atoms with Crippen LogP contribution in [0.4, 0.5) is 13.2 Å². The number of hydrogen-bond acceptors (Lipinski definition) is 9. The lowest BCUT2D eigenvalue weighted by Crippen LogP contribution is -2.42. The average Bonchev–Trinajstić information content (AvgIpc) is 3.26. The monoisotopic (exact) mass is 628 g/mol. The zero-order valence-electron chi connectivity index (χ0n) is 21.9. The summed E-state index contributed by atoms with van der Waals surface area (Å²) in [6.07, 6.45) is 1.89. The van der Waals surface area contributed by atoms with Gasteiger partial charge in [-0.1, -0.05) is 18.2 Å². The van der Waals surface area contributed by atoms with Crippen molar-refractivity contribution in [3.05, 3.63) is 80.5 Å². The summed E-state index contributed by atoms with van der Waals surface area (Å²) in [5.41, 5.74) is -5.26. The van der Waals surface area contributed by atoms with Crippen molar-refractivity contribution < 1.29 is 35.3 Å². The highest BCUT2D eigenvalue weighted by Crippen LogP contribution is 2.38. The highest BCUT2D eigenvalue weighted by atomic mass is 32.2. The lowest BCUT2D eigenvalue weighted by molar-refractivity contribution is -0.143. The molecule has 0 saturated carbocycles. The zero-order chi connectivity index (χ0) is 30.1. The number of carbonyl (C=O) groups is 1. The van der Waals surface area contributed by atoms with Gasteiger partial charge in [-0.15, -0.1) is 23.1 Å². The molecule has 4 aromatic rings. The summed E-state index contributed by atoms with van der Waals surface area (Å²) in [6.45, 7) is 2.82. The normalized spacial score (nSPS) is 12.0. The Bertz CT molecular complexity index is 1840. The van der Waals surface area contributed by atoms with Crippen molar-refractivity contribution in [2.45, 2.75) is 37.3 Å². The van der Waals surface area contributed by atoms with Crippen molar-refractivity contribution in [2.75, 3.05) is 12.9 Å². The van der Waals surface area contributed by atoms with Crippen LogP contribution in [0.3, 0.4) is 0 Å². The fourth-order valence-electron chi connectivity index (χ4n) is 4.12. The van der Waals surface area contributed by atoms with Gasteiger partial charge >= 0.3 is 27.3 Å². The third-order valence-corrected chi connectivity index (χ3v) is 9.19. The molecule has 218 valence electrons. The fraction of sp³-hybridized carbons (Fsp3) is 0.269. The number of aryl methyl sites for hydroxylation is 1. The lowest BCUT2D eigenvalue weighted by Gasteiger charge is -2.13. The number of thiophene rings is 1. The van der Waals surface area contributed by atoms with E-state index in [9.17, 15) is 36.0 Å². The van der Waals surface area contributed by atoms with E-state index in [0.29, 0.717) is 20.8 Å². The Morgan fingerprint density at radius 1 is 1.05 bits per heavy atom. The van der Waals surface area contributed by atoms with Crippen LogP contribution in [0.25, 0.3) is 20.7 Å². The van der Waals surface area contributed by atoms with E-state index in [0.717, 1.165) is 38.5 Å². The van der Waals surface area contributed by atoms with E-state index in [4.69, 9.17) is 4.74 Å². The smallest absolute Gasteiger partial charge is 0.465 e. The number of ether oxygens (including phenoxy) is 1. The van der Waals surface area contributed by atoms with Crippen LogP contribution >= 0.6 is 23.1 Å². The first-order valence-electron chi connectivity index (χ1n) is 11.9. The number of rotatable bonds is 9. The number of aromatic nitrogens is 2. The van der Waals surface area contributed by atoms with E-state index in [1.54, 1.807) is 13.8 Å². The lowest BCUT2D eigenvalue weighted by atomic mass is 10.1. The molecule has 2 aromatic carbocycles. The molecule has 0 N–H and O–H groups in total. The van der Waals surface area contributed by atoms with Gasteiger partial charge in [0.2, 0.25) is 0 Å². The summed E-state index contributed by atoms with van der Waals surface area (Å²) >= 11 is 2.60. The molecule has 15 heteroatoms. The Kier molecular flexibility index (Phi) is 8.70. The second-order valence-corrected chi connectivity index (χ2v) is 12.0. The van der Waals surface area contributed by atoms with Crippen molar-refractivity contribution in [2.24, 2.45) is 0 Å². The first-order valence-corrected chi connectivity index (χ1v) is 15.4. The Labute approximate surface area is 240 Å². The Morgan fingerprint density at radius 2 is 1.71 bits per heavy atom. The summed E-state index contributed by atoms with van der Waals surface area (Å²) in [6, 6.07) is 12.2. The zero-order valence-corrected chi connectivity index (χ0v) is 24.3. The summed E-state index contributed by atoms with van der Waals surface area (Å²) in [7, 11) is -5.85. The quantitative estimate of drug-likeness (QED) is 0.113. The van der Waals surface area contributed by atoms with Gasteiger partial charge in [-0.05, 0) is 67.1 Å². The molecular formula is C26H23F3N2O7S3. The highest BCUT2D eigenvalue weighted by molar-refractivity contribution is 7.98. The number of esters is 1. The van der Waals surface area contributed by atoms with Crippen LogP contribution in [0.2, 0.25) is 0 Å². The van der Waals surface area contributed by atoms with Crippen molar-refractivity contribution in [1.82, 2.24) is 9.13 Å². The molecule has 0 unspecified atom stereocenters. The first-order chi connectivity index (χ1) is 19.3. The summed E-state index contributed by atoms with van der Waals surface area (Å²) < 4.78 is 72.2. The summed E-state index contributed by atoms with van der Waals surface area (Å²) in [4.78, 5) is 41.2. The van der Waals surface area contributed by atoms with Gasteiger partial charge in [0.25, 0.3) is 5.56 Å². The van der Waals surface area contributed by atoms with Crippen LogP contribution in [0, 0.1) is 6.92 Å². The van der Waals surface area contributed by atoms with Crippen LogP contribution in [0.15, 0.2) is 63.0 Å². The highest BCUT2D eigenvalue weighted by Gasteiger charge is 2.48. The van der Waals surface area contributed by atoms with Gasteiger partial charge in [0.05, 0.1) is 18.5 Å². The molecule has 41 heavy (non-hydrogen) atoms. The molecule has 0 spiro atoms. The van der Waals surface area contributed by atoms with Crippen LogP contribution in [0.5, 0.6) is 5.75 Å². The molecule has 2 heterocycles. The molecule has 9 nitrogen and oxygen atoms in total. The summed E-state index contributed by atoms with van der Waals surface area (Å²) in [5, 5.41) is 0.190. The number of nitrogens with zero attached hydrogens (tertiary/aromatic N) is 2. The second kappa shape index (κ2) is 11.7. The van der Waals surface area contributed by atoms with Crippen LogP contribution in [-0.2, 0) is 32.7 Å². The number of benzene rings is 2. The topological polar surface area (TPSA) is 114 Å². The minimum atomic E-state index is -5.85. The minimum absolute atomic E-state index is 0.0662. The van der Waals surface area contributed by atoms with Gasteiger partial charge in [0.1, 0.15) is 17.1 Å². The first kappa shape index (κ1) is 30.4. The molecule has 0 atom stereocenters. The summed E-state index contributed by atoms with van der Waals surface area (Å²) in [5.74, 6) is -1.30. The van der Waals surface area contributed by atoms with Crippen LogP contribution in [0.1, 0.15) is 18.1 Å². The molecule has 0 radical (unpaired) electrons. The van der Waals surface area contributed by atoms with Gasteiger partial charge < -0.3 is 8.92 Å². The van der Waals surface area contributed by atoms with Crippen molar-refractivity contribution in [1.29, 1.82) is 0 Å². The maximum absolute atomic E-state index is 13.6. The molecule has 0 aliphatic rings. The third kappa shape index (κ3) is 6.06. The SMILES string of the molecule is CCOC(=O)Cn1c(=O)c2c(C)c(-c3ccc(OS(=O)(=O)C(F)(F)F)cc3)sc2n(Cc2ccccc2SC)c1=O. The predicted molar refractivity (Wildman–Crippen MR) is 150 cm³/mol. The molecule has 0 saturated heterocycles. The maximum atomic E-state index is 13.6. The number of thioether (sulfide) groups is 1. The molecule has 0 fully saturated rings. The molecule has 0 bridgehead atoms. The van der Waals surface area contributed by atoms with Gasteiger partial charge in [0.15, 0.2) is 0 Å². The standard InChI is InChI=1S/C26H23F3N2O7S3/c1-4-37-20(32)14-30-23(33)21-15(2)22(16-9-11-18(12-10-16)38-41(35,36)26(27,28)29)40-24(21)31(25(30)34)13-17-7-5-6-8-19(17)39-3/h5-12H,4,13-14H2,1-3H3. The van der Waals surface area contributed by atoms with Gasteiger partial charge in [0, 0.05) is 9.77 Å². The van der Waals surface area contributed by atoms with Crippen LogP contribution < -0.4 is 15.4 Å². The largest absolute Gasteiger partial charge is 0.534 e. The van der Waals surface area contributed by atoms with Crippen molar-refractivity contribution in [3.63, 3.8) is 0 Å². The number of halogens is 3. The molecule has 0 aliphatic heterocycles. The van der Waals surface area contributed by atoms with Crippen molar-refractivity contribution >= 4 is 49.4 Å². The van der Waals surface area contributed by atoms with E-state index in [2.05, 4.69) is 4.18 Å². The van der Waals surface area contributed by atoms with E-state index >= 15 is 0 Å². The number of carbonyl (C=O) groups excluding carboxylic acids is 1. The maximum Gasteiger partial charge on any atom is 0.534 e. The Balaban J connectivity index is 1.88. The minimum Gasteiger partial charge on any atom is -0.465 e. The van der Waals surface area contributed by atoms with Gasteiger partial charge in [-0.3, -0.25) is 14.2 Å². The third-order valence-electron chi connectivity index (χ3n) is 6.01. The van der Waals surface area contributed by atoms with Crippen LogP contribution in [-0.4, -0.2) is 41.9 Å². The molecule has 4 rings (SSSR count). The van der Waals surface area contributed by atoms with E-state index in [-0.39, 0.29) is 18.5 Å².